The molecule has 0 saturated heterocycles. The number of rotatable bonds is 7. The van der Waals surface area contributed by atoms with Gasteiger partial charge in [-0.1, -0.05) is 49.0 Å². The van der Waals surface area contributed by atoms with E-state index < -0.39 is 56.8 Å². The zero-order valence-corrected chi connectivity index (χ0v) is 29.8. The van der Waals surface area contributed by atoms with Crippen LogP contribution in [-0.4, -0.2) is 54.2 Å². The lowest BCUT2D eigenvalue weighted by molar-refractivity contribution is -0.364. The number of carbonyl (C=O) groups excluding carboxylic acids is 2. The Hall–Kier alpha value is -4.02. The summed E-state index contributed by atoms with van der Waals surface area (Å²) in [7, 11) is -6.22. The van der Waals surface area contributed by atoms with Crippen molar-refractivity contribution in [1.82, 2.24) is 0 Å². The van der Waals surface area contributed by atoms with Crippen molar-refractivity contribution < 1.29 is 63.1 Å². The summed E-state index contributed by atoms with van der Waals surface area (Å²) in [5.74, 6) is -4.48. The maximum absolute atomic E-state index is 13.6. The number of fused-ring (bicyclic) bond motifs is 2. The first-order valence-electron chi connectivity index (χ1n) is 16.5. The van der Waals surface area contributed by atoms with Gasteiger partial charge >= 0.3 is 29.9 Å². The predicted octanol–water partition coefficient (Wildman–Crippen LogP) is 8.28. The fourth-order valence-corrected chi connectivity index (χ4v) is 11.4. The van der Waals surface area contributed by atoms with Gasteiger partial charge in [-0.05, 0) is 87.3 Å². The quantitative estimate of drug-likeness (QED) is 0.0604. The van der Waals surface area contributed by atoms with E-state index in [0.29, 0.717) is 6.42 Å². The molecule has 1 aliphatic heterocycles. The average Bonchev–Trinajstić information content (AvgIpc) is 3.05. The van der Waals surface area contributed by atoms with Gasteiger partial charge in [0.2, 0.25) is 9.79 Å². The number of ether oxygens (including phenoxy) is 3. The summed E-state index contributed by atoms with van der Waals surface area (Å²) in [6, 6.07) is 27.3. The number of hydrogen-bond donors (Lipinski definition) is 0. The molecule has 53 heavy (non-hydrogen) atoms. The van der Waals surface area contributed by atoms with Crippen LogP contribution >= 0.6 is 0 Å². The van der Waals surface area contributed by atoms with Crippen molar-refractivity contribution in [3.05, 3.63) is 91.0 Å². The molecule has 0 radical (unpaired) electrons. The fourth-order valence-electron chi connectivity index (χ4n) is 8.26. The van der Waals surface area contributed by atoms with Crippen molar-refractivity contribution >= 4 is 33.0 Å². The number of benzene rings is 3. The Labute approximate surface area is 304 Å². The maximum Gasteiger partial charge on any atom is 0.438 e. The molecule has 0 amide bonds. The Balaban J connectivity index is 0.000000203. The molecule has 3 aromatic carbocycles. The molecule has 16 heteroatoms. The van der Waals surface area contributed by atoms with Crippen LogP contribution in [0, 0.1) is 17.3 Å². The third kappa shape index (κ3) is 7.54. The summed E-state index contributed by atoms with van der Waals surface area (Å²) in [4.78, 5) is 28.9. The highest BCUT2D eigenvalue weighted by Gasteiger charge is 2.76. The number of halogens is 6. The van der Waals surface area contributed by atoms with Crippen molar-refractivity contribution in [3.63, 3.8) is 0 Å². The molecule has 5 aliphatic rings. The van der Waals surface area contributed by atoms with Crippen LogP contribution in [0.3, 0.4) is 0 Å². The Kier molecular flexibility index (Phi) is 9.99. The van der Waals surface area contributed by atoms with Crippen molar-refractivity contribution in [2.45, 2.75) is 83.7 Å². The third-order valence-electron chi connectivity index (χ3n) is 10.00. The topological polar surface area (TPSA) is 119 Å². The second-order valence-electron chi connectivity index (χ2n) is 14.1. The van der Waals surface area contributed by atoms with Crippen LogP contribution in [0.15, 0.2) is 106 Å². The van der Waals surface area contributed by atoms with Crippen LogP contribution < -0.4 is 4.74 Å². The van der Waals surface area contributed by atoms with Gasteiger partial charge in [-0.2, -0.15) is 26.3 Å². The summed E-state index contributed by atoms with van der Waals surface area (Å²) in [6.07, 6.45) is -12.4. The summed E-state index contributed by atoms with van der Waals surface area (Å²) in [5.41, 5.74) is -8.64. The van der Waals surface area contributed by atoms with Gasteiger partial charge < -0.3 is 18.8 Å². The second kappa shape index (κ2) is 13.7. The molecule has 2 unspecified atom stereocenters. The minimum atomic E-state index is -6.44. The van der Waals surface area contributed by atoms with Crippen molar-refractivity contribution in [1.29, 1.82) is 0 Å². The molecular formula is C37H34F6O8S2. The molecule has 0 N–H and O–H groups in total. The van der Waals surface area contributed by atoms with Crippen LogP contribution in [0.2, 0.25) is 0 Å². The standard InChI is InChI=1S/C19H22F6O7S.C18H13OS/c1-10(2)13(26)31-16-6-11-3-12(7-16)5-15(4-11,8-16)14(27)32-17(18(20,21)22,19(23,24)25)9-33(28,29)30;1-2-8-14(9-3-1)20-17-12-6-4-10-15(17)19-16-11-5-7-13-18(16)20/h11-12H,1,3-9H2,2H3,(H,28,29,30);1-13H/q;+1/p-1. The van der Waals surface area contributed by atoms with E-state index >= 15 is 0 Å². The van der Waals surface area contributed by atoms with E-state index in [9.17, 15) is 48.9 Å². The lowest BCUT2D eigenvalue weighted by Crippen LogP contribution is -2.66. The molecular weight excluding hydrogens is 751 g/mol. The molecule has 8 rings (SSSR count). The molecule has 1 heterocycles. The number of esters is 2. The zero-order chi connectivity index (χ0) is 38.6. The Morgan fingerprint density at radius 1 is 0.849 bits per heavy atom. The highest BCUT2D eigenvalue weighted by Crippen LogP contribution is 2.64. The van der Waals surface area contributed by atoms with Gasteiger partial charge in [0.05, 0.1) is 21.3 Å². The van der Waals surface area contributed by atoms with E-state index in [1.165, 1.54) is 21.6 Å². The van der Waals surface area contributed by atoms with Crippen LogP contribution in [0.25, 0.3) is 0 Å². The summed E-state index contributed by atoms with van der Waals surface area (Å²) in [5, 5.41) is 0. The lowest BCUT2D eigenvalue weighted by atomic mass is 9.48. The van der Waals surface area contributed by atoms with E-state index in [2.05, 4.69) is 65.9 Å². The molecule has 4 fully saturated rings. The van der Waals surface area contributed by atoms with Gasteiger partial charge in [0.15, 0.2) is 16.4 Å². The summed E-state index contributed by atoms with van der Waals surface area (Å²) < 4.78 is 130. The molecule has 284 valence electrons. The summed E-state index contributed by atoms with van der Waals surface area (Å²) in [6.45, 7) is 4.80. The minimum Gasteiger partial charge on any atom is -0.748 e. The largest absolute Gasteiger partial charge is 0.748 e. The van der Waals surface area contributed by atoms with Crippen LogP contribution in [0.5, 0.6) is 11.5 Å². The number of para-hydroxylation sites is 2. The molecule has 4 aliphatic carbocycles. The third-order valence-corrected chi connectivity index (χ3v) is 13.1. The van der Waals surface area contributed by atoms with Crippen molar-refractivity contribution in [2.24, 2.45) is 17.3 Å². The van der Waals surface area contributed by atoms with Gasteiger partial charge in [-0.25, -0.2) is 13.2 Å². The lowest BCUT2D eigenvalue weighted by Gasteiger charge is -2.60. The minimum absolute atomic E-state index is 0.0242. The Morgan fingerprint density at radius 2 is 1.34 bits per heavy atom. The van der Waals surface area contributed by atoms with E-state index in [4.69, 9.17) is 9.47 Å². The summed E-state index contributed by atoms with van der Waals surface area (Å²) >= 11 is 0. The predicted molar refractivity (Wildman–Crippen MR) is 178 cm³/mol. The van der Waals surface area contributed by atoms with E-state index in [0.717, 1.165) is 11.5 Å². The molecule has 4 bridgehead atoms. The molecule has 3 aromatic rings. The first kappa shape index (κ1) is 38.7. The monoisotopic (exact) mass is 784 g/mol. The van der Waals surface area contributed by atoms with E-state index in [1.807, 2.05) is 24.3 Å². The van der Waals surface area contributed by atoms with Crippen LogP contribution in [-0.2, 0) is 40.1 Å². The smallest absolute Gasteiger partial charge is 0.438 e. The van der Waals surface area contributed by atoms with Crippen molar-refractivity contribution in [3.8, 4) is 11.5 Å². The van der Waals surface area contributed by atoms with Gasteiger partial charge in [0, 0.05) is 12.0 Å². The van der Waals surface area contributed by atoms with Crippen LogP contribution in [0.4, 0.5) is 26.3 Å². The molecule has 8 nitrogen and oxygen atoms in total. The van der Waals surface area contributed by atoms with Crippen molar-refractivity contribution in [2.75, 3.05) is 5.75 Å². The van der Waals surface area contributed by atoms with E-state index in [1.54, 1.807) is 0 Å². The number of hydrogen-bond acceptors (Lipinski definition) is 8. The molecule has 0 aromatic heterocycles. The van der Waals surface area contributed by atoms with Crippen LogP contribution in [0.1, 0.15) is 45.4 Å². The zero-order valence-electron chi connectivity index (χ0n) is 28.2. The first-order valence-corrected chi connectivity index (χ1v) is 19.3. The molecule has 4 saturated carbocycles. The highest BCUT2D eigenvalue weighted by molar-refractivity contribution is 7.97. The van der Waals surface area contributed by atoms with Gasteiger partial charge in [0.1, 0.15) is 16.5 Å². The Morgan fingerprint density at radius 3 is 1.81 bits per heavy atom. The SMILES string of the molecule is C=C(C)C(=O)OC12CC3CC(C1)CC(C(=O)OC(CS(=O)(=O)[O-])(C(F)(F)F)C(F)(F)F)(C3)C2.c1ccc([S+]2c3ccccc3Oc3ccccc32)cc1. The number of alkyl halides is 6. The van der Waals surface area contributed by atoms with Gasteiger partial charge in [0.25, 0.3) is 0 Å². The average molecular weight is 785 g/mol. The first-order chi connectivity index (χ1) is 24.7. The maximum atomic E-state index is 13.6. The highest BCUT2D eigenvalue weighted by atomic mass is 32.2. The van der Waals surface area contributed by atoms with Gasteiger partial charge in [-0.15, -0.1) is 0 Å². The second-order valence-corrected chi connectivity index (χ2v) is 17.5. The Bertz CT molecular complexity index is 1940. The van der Waals surface area contributed by atoms with Gasteiger partial charge in [-0.3, -0.25) is 4.79 Å². The molecule has 0 spiro atoms. The normalized spacial score (nSPS) is 24.8. The fraction of sp³-hybridized carbons (Fsp3) is 0.405. The van der Waals surface area contributed by atoms with E-state index in [-0.39, 0.29) is 60.4 Å². The number of carbonyl (C=O) groups is 2. The molecule has 2 atom stereocenters.